The highest BCUT2D eigenvalue weighted by molar-refractivity contribution is 5.92. The number of methoxy groups -OCH3 is 1. The van der Waals surface area contributed by atoms with Crippen LogP contribution in [0.5, 0.6) is 11.5 Å². The third-order valence-electron chi connectivity index (χ3n) is 4.07. The van der Waals surface area contributed by atoms with Crippen LogP contribution in [0, 0.1) is 0 Å². The second-order valence-corrected chi connectivity index (χ2v) is 5.81. The van der Waals surface area contributed by atoms with Gasteiger partial charge >= 0.3 is 6.61 Å². The van der Waals surface area contributed by atoms with E-state index >= 15 is 0 Å². The normalized spacial score (nSPS) is 15.3. The fourth-order valence-corrected chi connectivity index (χ4v) is 2.71. The highest BCUT2D eigenvalue weighted by atomic mass is 19.3. The van der Waals surface area contributed by atoms with Gasteiger partial charge in [-0.2, -0.15) is 8.78 Å². The molecule has 1 fully saturated rings. The number of rotatable bonds is 5. The number of benzene rings is 1. The molecule has 1 aromatic carbocycles. The van der Waals surface area contributed by atoms with E-state index in [1.54, 1.807) is 21.9 Å². The maximum Gasteiger partial charge on any atom is 0.387 e. The number of carbonyl (C=O) groups is 2. The Morgan fingerprint density at radius 1 is 1.12 bits per heavy atom. The molecule has 6 nitrogen and oxygen atoms in total. The van der Waals surface area contributed by atoms with Crippen LogP contribution in [-0.2, 0) is 9.59 Å². The molecule has 26 heavy (non-hydrogen) atoms. The SMILES string of the molecule is COc1cc(/C=C/C(=O)N2CCCN(C(C)=O)CC2)ccc1OC(F)F. The minimum Gasteiger partial charge on any atom is -0.493 e. The maximum atomic E-state index is 12.3. The van der Waals surface area contributed by atoms with Crippen molar-refractivity contribution in [2.45, 2.75) is 20.0 Å². The number of hydrogen-bond acceptors (Lipinski definition) is 4. The molecule has 1 saturated heterocycles. The van der Waals surface area contributed by atoms with Crippen molar-refractivity contribution in [2.75, 3.05) is 33.3 Å². The number of nitrogens with zero attached hydrogens (tertiary/aromatic N) is 2. The summed E-state index contributed by atoms with van der Waals surface area (Å²) in [5, 5.41) is 0. The van der Waals surface area contributed by atoms with Gasteiger partial charge in [0.1, 0.15) is 0 Å². The molecule has 2 rings (SSSR count). The third kappa shape index (κ3) is 5.44. The zero-order valence-electron chi connectivity index (χ0n) is 14.8. The monoisotopic (exact) mass is 368 g/mol. The van der Waals surface area contributed by atoms with Gasteiger partial charge in [-0.25, -0.2) is 0 Å². The molecule has 1 heterocycles. The van der Waals surface area contributed by atoms with Gasteiger partial charge in [0.05, 0.1) is 7.11 Å². The molecule has 0 spiro atoms. The lowest BCUT2D eigenvalue weighted by Crippen LogP contribution is -2.35. The van der Waals surface area contributed by atoms with E-state index in [1.807, 2.05) is 0 Å². The molecule has 0 atom stereocenters. The Bertz CT molecular complexity index is 679. The average molecular weight is 368 g/mol. The fourth-order valence-electron chi connectivity index (χ4n) is 2.71. The van der Waals surface area contributed by atoms with Crippen LogP contribution in [0.1, 0.15) is 18.9 Å². The van der Waals surface area contributed by atoms with Gasteiger partial charge in [0.15, 0.2) is 11.5 Å². The Balaban J connectivity index is 2.02. The summed E-state index contributed by atoms with van der Waals surface area (Å²) >= 11 is 0. The highest BCUT2D eigenvalue weighted by Crippen LogP contribution is 2.29. The molecule has 2 amide bonds. The first kappa shape index (κ1) is 19.7. The molecule has 142 valence electrons. The first-order valence-corrected chi connectivity index (χ1v) is 8.26. The van der Waals surface area contributed by atoms with Crippen LogP contribution in [0.25, 0.3) is 6.08 Å². The lowest BCUT2D eigenvalue weighted by molar-refractivity contribution is -0.130. The molecule has 8 heteroatoms. The summed E-state index contributed by atoms with van der Waals surface area (Å²) in [6, 6.07) is 4.44. The van der Waals surface area contributed by atoms with Crippen molar-refractivity contribution in [3.05, 3.63) is 29.8 Å². The van der Waals surface area contributed by atoms with Crippen molar-refractivity contribution in [1.82, 2.24) is 9.80 Å². The van der Waals surface area contributed by atoms with Crippen LogP contribution < -0.4 is 9.47 Å². The van der Waals surface area contributed by atoms with Gasteiger partial charge in [0, 0.05) is 39.2 Å². The molecule has 0 saturated carbocycles. The van der Waals surface area contributed by atoms with Crippen LogP contribution in [0.3, 0.4) is 0 Å². The zero-order valence-corrected chi connectivity index (χ0v) is 14.8. The van der Waals surface area contributed by atoms with Crippen molar-refractivity contribution >= 4 is 17.9 Å². The van der Waals surface area contributed by atoms with Crippen molar-refractivity contribution in [3.8, 4) is 11.5 Å². The summed E-state index contributed by atoms with van der Waals surface area (Å²) in [6.07, 6.45) is 3.74. The van der Waals surface area contributed by atoms with Crippen molar-refractivity contribution in [1.29, 1.82) is 0 Å². The van der Waals surface area contributed by atoms with Gasteiger partial charge in [-0.05, 0) is 30.2 Å². The van der Waals surface area contributed by atoms with Crippen LogP contribution in [-0.4, -0.2) is 61.5 Å². The first-order valence-electron chi connectivity index (χ1n) is 8.26. The van der Waals surface area contributed by atoms with Crippen molar-refractivity contribution in [3.63, 3.8) is 0 Å². The van der Waals surface area contributed by atoms with E-state index in [4.69, 9.17) is 4.74 Å². The Hall–Kier alpha value is -2.64. The van der Waals surface area contributed by atoms with Gasteiger partial charge < -0.3 is 19.3 Å². The molecule has 0 N–H and O–H groups in total. The molecule has 0 radical (unpaired) electrons. The summed E-state index contributed by atoms with van der Waals surface area (Å²) in [6.45, 7) is 0.801. The van der Waals surface area contributed by atoms with E-state index < -0.39 is 6.61 Å². The molecule has 0 aliphatic carbocycles. The topological polar surface area (TPSA) is 59.1 Å². The second kappa shape index (κ2) is 9.17. The Morgan fingerprint density at radius 3 is 2.46 bits per heavy atom. The zero-order chi connectivity index (χ0) is 19.1. The van der Waals surface area contributed by atoms with Gasteiger partial charge in [0.25, 0.3) is 0 Å². The highest BCUT2D eigenvalue weighted by Gasteiger charge is 2.18. The Morgan fingerprint density at radius 2 is 1.81 bits per heavy atom. The van der Waals surface area contributed by atoms with E-state index in [1.165, 1.54) is 32.2 Å². The lowest BCUT2D eigenvalue weighted by Gasteiger charge is -2.20. The minimum atomic E-state index is -2.94. The van der Waals surface area contributed by atoms with E-state index in [0.717, 1.165) is 6.42 Å². The van der Waals surface area contributed by atoms with E-state index in [-0.39, 0.29) is 23.3 Å². The molecule has 0 aromatic heterocycles. The predicted molar refractivity (Wildman–Crippen MR) is 92.1 cm³/mol. The number of alkyl halides is 2. The largest absolute Gasteiger partial charge is 0.493 e. The number of ether oxygens (including phenoxy) is 2. The quantitative estimate of drug-likeness (QED) is 0.749. The summed E-state index contributed by atoms with van der Waals surface area (Å²) < 4.78 is 34.1. The molecule has 0 unspecified atom stereocenters. The first-order chi connectivity index (χ1) is 12.4. The third-order valence-corrected chi connectivity index (χ3v) is 4.07. The lowest BCUT2D eigenvalue weighted by atomic mass is 10.2. The summed E-state index contributed by atoms with van der Waals surface area (Å²) in [7, 11) is 1.35. The second-order valence-electron chi connectivity index (χ2n) is 5.81. The Labute approximate surface area is 151 Å². The molecule has 1 aliphatic rings. The van der Waals surface area contributed by atoms with Crippen LogP contribution >= 0.6 is 0 Å². The predicted octanol–water partition coefficient (Wildman–Crippen LogP) is 2.39. The molecule has 1 aliphatic heterocycles. The van der Waals surface area contributed by atoms with E-state index in [9.17, 15) is 18.4 Å². The van der Waals surface area contributed by atoms with Gasteiger partial charge in [-0.3, -0.25) is 9.59 Å². The standard InChI is InChI=1S/C18H22F2N2O4/c1-13(23)21-8-3-9-22(11-10-21)17(24)7-5-14-4-6-15(26-18(19)20)16(12-14)25-2/h4-7,12,18H,3,8-11H2,1-2H3/b7-5+. The van der Waals surface area contributed by atoms with Crippen molar-refractivity contribution in [2.24, 2.45) is 0 Å². The molecule has 0 bridgehead atoms. The number of hydrogen-bond donors (Lipinski definition) is 0. The molecular weight excluding hydrogens is 346 g/mol. The molecular formula is C18H22F2N2O4. The fraction of sp³-hybridized carbons (Fsp3) is 0.444. The van der Waals surface area contributed by atoms with Crippen LogP contribution in [0.15, 0.2) is 24.3 Å². The van der Waals surface area contributed by atoms with Crippen molar-refractivity contribution < 1.29 is 27.8 Å². The molecule has 1 aromatic rings. The number of halogens is 2. The number of carbonyl (C=O) groups excluding carboxylic acids is 2. The summed E-state index contributed by atoms with van der Waals surface area (Å²) in [5.74, 6) is -0.0649. The van der Waals surface area contributed by atoms with Crippen LogP contribution in [0.4, 0.5) is 8.78 Å². The van der Waals surface area contributed by atoms with Gasteiger partial charge in [-0.1, -0.05) is 6.07 Å². The summed E-state index contributed by atoms with van der Waals surface area (Å²) in [4.78, 5) is 27.2. The average Bonchev–Trinajstić information content (AvgIpc) is 2.86. The minimum absolute atomic E-state index is 0.00745. The van der Waals surface area contributed by atoms with Gasteiger partial charge in [0.2, 0.25) is 11.8 Å². The Kier molecular flexibility index (Phi) is 6.94. The summed E-state index contributed by atoms with van der Waals surface area (Å²) in [5.41, 5.74) is 0.622. The van der Waals surface area contributed by atoms with Gasteiger partial charge in [-0.15, -0.1) is 0 Å². The number of amides is 2. The van der Waals surface area contributed by atoms with E-state index in [2.05, 4.69) is 4.74 Å². The maximum absolute atomic E-state index is 12.3. The van der Waals surface area contributed by atoms with E-state index in [0.29, 0.717) is 31.7 Å². The van der Waals surface area contributed by atoms with Crippen LogP contribution in [0.2, 0.25) is 0 Å². The smallest absolute Gasteiger partial charge is 0.387 e.